The molecular formula is C18H29N2O2+. The lowest BCUT2D eigenvalue weighted by atomic mass is 10.0. The summed E-state index contributed by atoms with van der Waals surface area (Å²) in [7, 11) is 0. The highest BCUT2D eigenvalue weighted by Gasteiger charge is 2.33. The smallest absolute Gasteiger partial charge is 0.282 e. The van der Waals surface area contributed by atoms with Crippen LogP contribution in [0.15, 0.2) is 12.1 Å². The monoisotopic (exact) mass is 305 g/mol. The van der Waals surface area contributed by atoms with Crippen LogP contribution in [-0.4, -0.2) is 37.2 Å². The molecule has 1 aromatic rings. The fourth-order valence-electron chi connectivity index (χ4n) is 3.46. The average Bonchev–Trinajstić information content (AvgIpc) is 2.40. The van der Waals surface area contributed by atoms with Crippen molar-refractivity contribution in [1.29, 1.82) is 0 Å². The van der Waals surface area contributed by atoms with E-state index in [9.17, 15) is 4.79 Å². The summed E-state index contributed by atoms with van der Waals surface area (Å²) in [6, 6.07) is 4.15. The largest absolute Gasteiger partial charge is 0.364 e. The summed E-state index contributed by atoms with van der Waals surface area (Å²) in [6.07, 6.45) is 0.411. The minimum atomic E-state index is -0.0751. The summed E-state index contributed by atoms with van der Waals surface area (Å²) in [5, 5.41) is 3.13. The number of aryl methyl sites for hydroxylation is 3. The van der Waals surface area contributed by atoms with E-state index in [2.05, 4.69) is 38.2 Å². The molecule has 2 rings (SSSR count). The number of carbonyl (C=O) groups is 1. The highest BCUT2D eigenvalue weighted by atomic mass is 16.5. The van der Waals surface area contributed by atoms with E-state index >= 15 is 0 Å². The molecule has 0 aliphatic carbocycles. The first-order valence-electron chi connectivity index (χ1n) is 8.16. The Morgan fingerprint density at radius 1 is 1.18 bits per heavy atom. The van der Waals surface area contributed by atoms with Crippen molar-refractivity contribution in [3.05, 3.63) is 28.8 Å². The molecule has 1 heterocycles. The molecule has 4 nitrogen and oxygen atoms in total. The first-order valence-corrected chi connectivity index (χ1v) is 8.16. The van der Waals surface area contributed by atoms with Gasteiger partial charge in [-0.15, -0.1) is 0 Å². The molecule has 3 atom stereocenters. The number of nitrogens with one attached hydrogen (secondary N) is 2. The van der Waals surface area contributed by atoms with Crippen LogP contribution >= 0.6 is 0 Å². The molecule has 122 valence electrons. The second-order valence-corrected chi connectivity index (χ2v) is 6.81. The van der Waals surface area contributed by atoms with Crippen molar-refractivity contribution in [3.8, 4) is 0 Å². The summed E-state index contributed by atoms with van der Waals surface area (Å²) >= 11 is 0. The topological polar surface area (TPSA) is 42.8 Å². The van der Waals surface area contributed by atoms with Crippen LogP contribution in [0.5, 0.6) is 0 Å². The van der Waals surface area contributed by atoms with Gasteiger partial charge in [-0.1, -0.05) is 17.7 Å². The SMILES string of the molecule is Cc1cc(C)c(NC(=O)[C@H](C)[NH+]2C[C@@H](C)O[C@H](C)C2)c(C)c1. The highest BCUT2D eigenvalue weighted by Crippen LogP contribution is 2.21. The number of morpholine rings is 1. The van der Waals surface area contributed by atoms with Crippen molar-refractivity contribution in [2.75, 3.05) is 18.4 Å². The molecular weight excluding hydrogens is 276 g/mol. The molecule has 1 amide bonds. The van der Waals surface area contributed by atoms with Crippen molar-refractivity contribution >= 4 is 11.6 Å². The van der Waals surface area contributed by atoms with E-state index in [0.717, 1.165) is 29.9 Å². The molecule has 1 aliphatic rings. The van der Waals surface area contributed by atoms with Gasteiger partial charge in [0.1, 0.15) is 25.3 Å². The normalized spacial score (nSPS) is 26.5. The molecule has 0 spiro atoms. The number of amides is 1. The second kappa shape index (κ2) is 6.80. The zero-order valence-corrected chi connectivity index (χ0v) is 14.6. The molecule has 1 saturated heterocycles. The van der Waals surface area contributed by atoms with Crippen LogP contribution in [0.2, 0.25) is 0 Å². The van der Waals surface area contributed by atoms with Gasteiger partial charge in [0.15, 0.2) is 6.04 Å². The Morgan fingerprint density at radius 3 is 2.18 bits per heavy atom. The number of hydrogen-bond acceptors (Lipinski definition) is 2. The van der Waals surface area contributed by atoms with Crippen LogP contribution < -0.4 is 10.2 Å². The quantitative estimate of drug-likeness (QED) is 0.891. The zero-order valence-electron chi connectivity index (χ0n) is 14.6. The molecule has 0 radical (unpaired) electrons. The van der Waals surface area contributed by atoms with Crippen LogP contribution in [0.1, 0.15) is 37.5 Å². The molecule has 1 aliphatic heterocycles. The third-order valence-electron chi connectivity index (χ3n) is 4.49. The van der Waals surface area contributed by atoms with E-state index in [4.69, 9.17) is 4.74 Å². The molecule has 0 bridgehead atoms. The maximum absolute atomic E-state index is 12.6. The van der Waals surface area contributed by atoms with Gasteiger partial charge in [0, 0.05) is 5.69 Å². The maximum Gasteiger partial charge on any atom is 0.282 e. The number of anilines is 1. The Morgan fingerprint density at radius 2 is 1.68 bits per heavy atom. The van der Waals surface area contributed by atoms with E-state index in [1.807, 2.05) is 20.8 Å². The first-order chi connectivity index (χ1) is 10.3. The minimum Gasteiger partial charge on any atom is -0.364 e. The standard InChI is InChI=1S/C18H28N2O2/c1-11-7-12(2)17(13(3)8-11)19-18(21)16(6)20-9-14(4)22-15(5)10-20/h7-8,14-16H,9-10H2,1-6H3,(H,19,21)/p+1/t14-,15-,16+/m1/s1. The molecule has 2 N–H and O–H groups in total. The van der Waals surface area contributed by atoms with Crippen LogP contribution in [0, 0.1) is 20.8 Å². The van der Waals surface area contributed by atoms with Crippen molar-refractivity contribution in [2.24, 2.45) is 0 Å². The summed E-state index contributed by atoms with van der Waals surface area (Å²) in [5.41, 5.74) is 4.42. The zero-order chi connectivity index (χ0) is 16.4. The average molecular weight is 305 g/mol. The number of rotatable bonds is 3. The minimum absolute atomic E-state index is 0.0751. The fraction of sp³-hybridized carbons (Fsp3) is 0.611. The highest BCUT2D eigenvalue weighted by molar-refractivity contribution is 5.95. The van der Waals surface area contributed by atoms with Gasteiger partial charge in [-0.05, 0) is 52.7 Å². The van der Waals surface area contributed by atoms with E-state index in [0.29, 0.717) is 0 Å². The fourth-order valence-corrected chi connectivity index (χ4v) is 3.46. The van der Waals surface area contributed by atoms with E-state index in [-0.39, 0.29) is 24.2 Å². The van der Waals surface area contributed by atoms with Crippen molar-refractivity contribution in [3.63, 3.8) is 0 Å². The third kappa shape index (κ3) is 3.87. The molecule has 0 saturated carbocycles. The van der Waals surface area contributed by atoms with Crippen molar-refractivity contribution < 1.29 is 14.4 Å². The number of quaternary nitrogens is 1. The van der Waals surface area contributed by atoms with Gasteiger partial charge in [-0.2, -0.15) is 0 Å². The summed E-state index contributed by atoms with van der Waals surface area (Å²) < 4.78 is 5.76. The number of hydrogen-bond donors (Lipinski definition) is 2. The van der Waals surface area contributed by atoms with Gasteiger partial charge >= 0.3 is 0 Å². The number of ether oxygens (including phenoxy) is 1. The van der Waals surface area contributed by atoms with E-state index in [1.54, 1.807) is 0 Å². The number of carbonyl (C=O) groups excluding carboxylic acids is 1. The molecule has 1 aromatic carbocycles. The molecule has 4 heteroatoms. The Balaban J connectivity index is 2.09. The Bertz CT molecular complexity index is 523. The van der Waals surface area contributed by atoms with Crippen molar-refractivity contribution in [2.45, 2.75) is 59.8 Å². The predicted molar refractivity (Wildman–Crippen MR) is 89.5 cm³/mol. The maximum atomic E-state index is 12.6. The third-order valence-corrected chi connectivity index (χ3v) is 4.49. The van der Waals surface area contributed by atoms with Crippen LogP contribution in [0.4, 0.5) is 5.69 Å². The lowest BCUT2D eigenvalue weighted by Gasteiger charge is -2.35. The van der Waals surface area contributed by atoms with Crippen molar-refractivity contribution in [1.82, 2.24) is 0 Å². The van der Waals surface area contributed by atoms with Gasteiger partial charge in [0.05, 0.1) is 0 Å². The van der Waals surface area contributed by atoms with Crippen LogP contribution in [0.3, 0.4) is 0 Å². The molecule has 0 aromatic heterocycles. The lowest BCUT2D eigenvalue weighted by molar-refractivity contribution is -0.928. The second-order valence-electron chi connectivity index (χ2n) is 6.81. The summed E-state index contributed by atoms with van der Waals surface area (Å²) in [4.78, 5) is 13.9. The predicted octanol–water partition coefficient (Wildman–Crippen LogP) is 1.63. The van der Waals surface area contributed by atoms with Crippen LogP contribution in [-0.2, 0) is 9.53 Å². The Kier molecular flexibility index (Phi) is 5.24. The first kappa shape index (κ1) is 17.0. The molecule has 0 unspecified atom stereocenters. The molecule has 22 heavy (non-hydrogen) atoms. The van der Waals surface area contributed by atoms with E-state index < -0.39 is 0 Å². The van der Waals surface area contributed by atoms with Gasteiger partial charge in [0.25, 0.3) is 5.91 Å². The number of benzene rings is 1. The van der Waals surface area contributed by atoms with Gasteiger partial charge < -0.3 is 15.0 Å². The van der Waals surface area contributed by atoms with Gasteiger partial charge in [0.2, 0.25) is 0 Å². The van der Waals surface area contributed by atoms with E-state index in [1.165, 1.54) is 10.5 Å². The summed E-state index contributed by atoms with van der Waals surface area (Å²) in [5.74, 6) is 0.0892. The lowest BCUT2D eigenvalue weighted by Crippen LogP contribution is -3.19. The van der Waals surface area contributed by atoms with Crippen LogP contribution in [0.25, 0.3) is 0 Å². The molecule has 1 fully saturated rings. The van der Waals surface area contributed by atoms with Gasteiger partial charge in [-0.25, -0.2) is 0 Å². The Labute approximate surface area is 133 Å². The van der Waals surface area contributed by atoms with Gasteiger partial charge in [-0.3, -0.25) is 4.79 Å². The summed E-state index contributed by atoms with van der Waals surface area (Å²) in [6.45, 7) is 14.1. The Hall–Kier alpha value is -1.39.